The monoisotopic (exact) mass is 410 g/mol. The van der Waals surface area contributed by atoms with E-state index in [-0.39, 0.29) is 4.90 Å². The zero-order chi connectivity index (χ0) is 14.0. The van der Waals surface area contributed by atoms with Crippen molar-refractivity contribution in [1.82, 2.24) is 4.31 Å². The Morgan fingerprint density at radius 1 is 1.00 bits per heavy atom. The van der Waals surface area contributed by atoms with Crippen LogP contribution in [0, 0.1) is 0 Å². The Balaban J connectivity index is 2.44. The maximum Gasteiger partial charge on any atom is 0.245 e. The Labute approximate surface area is 130 Å². The first-order valence-electron chi connectivity index (χ1n) is 6.17. The molecular formula is C12H16Br2N2O2S. The Kier molecular flexibility index (Phi) is 4.92. The molecule has 0 bridgehead atoms. The van der Waals surface area contributed by atoms with Gasteiger partial charge in [0.1, 0.15) is 4.90 Å². The molecule has 1 fully saturated rings. The summed E-state index contributed by atoms with van der Waals surface area (Å²) in [5.74, 6) is 0. The van der Waals surface area contributed by atoms with Crippen molar-refractivity contribution in [3.63, 3.8) is 0 Å². The van der Waals surface area contributed by atoms with Gasteiger partial charge in [-0.2, -0.15) is 4.31 Å². The fourth-order valence-corrected chi connectivity index (χ4v) is 6.29. The number of sulfonamides is 1. The van der Waals surface area contributed by atoms with Gasteiger partial charge in [0.05, 0.1) is 0 Å². The van der Waals surface area contributed by atoms with Gasteiger partial charge in [-0.15, -0.1) is 0 Å². The molecule has 19 heavy (non-hydrogen) atoms. The molecule has 1 aromatic rings. The number of halogens is 2. The molecule has 1 heterocycles. The molecule has 2 rings (SSSR count). The molecule has 0 unspecified atom stereocenters. The molecule has 2 N–H and O–H groups in total. The molecule has 0 aromatic heterocycles. The van der Waals surface area contributed by atoms with Crippen molar-refractivity contribution >= 4 is 47.6 Å². The Morgan fingerprint density at radius 2 is 1.47 bits per heavy atom. The first-order valence-corrected chi connectivity index (χ1v) is 9.20. The van der Waals surface area contributed by atoms with Crippen LogP contribution in [0.2, 0.25) is 0 Å². The van der Waals surface area contributed by atoms with E-state index in [9.17, 15) is 8.42 Å². The average molecular weight is 412 g/mol. The van der Waals surface area contributed by atoms with Crippen LogP contribution < -0.4 is 5.73 Å². The van der Waals surface area contributed by atoms with Crippen molar-refractivity contribution in [2.45, 2.75) is 30.6 Å². The number of benzene rings is 1. The molecule has 0 atom stereocenters. The van der Waals surface area contributed by atoms with Gasteiger partial charge in [-0.05, 0) is 56.8 Å². The number of hydrogen-bond acceptors (Lipinski definition) is 3. The second kappa shape index (κ2) is 6.11. The number of nitrogen functional groups attached to an aromatic ring is 1. The maximum atomic E-state index is 12.7. The van der Waals surface area contributed by atoms with Crippen LogP contribution in [-0.2, 0) is 10.0 Å². The molecule has 0 spiro atoms. The zero-order valence-electron chi connectivity index (χ0n) is 10.4. The van der Waals surface area contributed by atoms with E-state index in [0.717, 1.165) is 25.7 Å². The van der Waals surface area contributed by atoms with Gasteiger partial charge in [0.15, 0.2) is 0 Å². The van der Waals surface area contributed by atoms with Gasteiger partial charge in [0.2, 0.25) is 10.0 Å². The zero-order valence-corrected chi connectivity index (χ0v) is 14.4. The molecule has 4 nitrogen and oxygen atoms in total. The molecule has 1 aromatic carbocycles. The van der Waals surface area contributed by atoms with E-state index < -0.39 is 10.0 Å². The molecule has 106 valence electrons. The summed E-state index contributed by atoms with van der Waals surface area (Å²) in [4.78, 5) is 0.267. The average Bonchev–Trinajstić information content (AvgIpc) is 2.55. The van der Waals surface area contributed by atoms with Crippen LogP contribution in [-0.4, -0.2) is 25.8 Å². The van der Waals surface area contributed by atoms with Crippen LogP contribution in [0.3, 0.4) is 0 Å². The lowest BCUT2D eigenvalue weighted by molar-refractivity contribution is 0.423. The molecule has 7 heteroatoms. The van der Waals surface area contributed by atoms with Crippen LogP contribution in [0.15, 0.2) is 26.0 Å². The SMILES string of the molecule is Nc1cc(Br)c(S(=O)(=O)N2CCCCCC2)c(Br)c1. The van der Waals surface area contributed by atoms with E-state index in [0.29, 0.717) is 27.7 Å². The highest BCUT2D eigenvalue weighted by Crippen LogP contribution is 2.35. The van der Waals surface area contributed by atoms with Crippen LogP contribution in [0.4, 0.5) is 5.69 Å². The van der Waals surface area contributed by atoms with E-state index in [4.69, 9.17) is 5.73 Å². The van der Waals surface area contributed by atoms with Crippen molar-refractivity contribution in [1.29, 1.82) is 0 Å². The predicted octanol–water partition coefficient (Wildman–Crippen LogP) is 3.36. The number of rotatable bonds is 2. The van der Waals surface area contributed by atoms with E-state index in [2.05, 4.69) is 31.9 Å². The highest BCUT2D eigenvalue weighted by atomic mass is 79.9. The molecule has 0 aliphatic carbocycles. The first-order chi connectivity index (χ1) is 8.93. The van der Waals surface area contributed by atoms with Gasteiger partial charge in [-0.1, -0.05) is 12.8 Å². The normalized spacial score (nSPS) is 18.2. The number of anilines is 1. The molecule has 1 saturated heterocycles. The van der Waals surface area contributed by atoms with Gasteiger partial charge in [-0.3, -0.25) is 0 Å². The van der Waals surface area contributed by atoms with Crippen molar-refractivity contribution in [2.75, 3.05) is 18.8 Å². The smallest absolute Gasteiger partial charge is 0.245 e. The fraction of sp³-hybridized carbons (Fsp3) is 0.500. The second-order valence-corrected chi connectivity index (χ2v) is 8.22. The summed E-state index contributed by atoms with van der Waals surface area (Å²) >= 11 is 6.61. The van der Waals surface area contributed by atoms with Crippen molar-refractivity contribution < 1.29 is 8.42 Å². The van der Waals surface area contributed by atoms with Crippen LogP contribution in [0.1, 0.15) is 25.7 Å². The van der Waals surface area contributed by atoms with Crippen molar-refractivity contribution in [2.24, 2.45) is 0 Å². The Morgan fingerprint density at radius 3 is 1.95 bits per heavy atom. The quantitative estimate of drug-likeness (QED) is 0.758. The van der Waals surface area contributed by atoms with Crippen molar-refractivity contribution in [3.05, 3.63) is 21.1 Å². The van der Waals surface area contributed by atoms with E-state index in [1.807, 2.05) is 0 Å². The second-order valence-electron chi connectivity index (χ2n) is 4.63. The van der Waals surface area contributed by atoms with E-state index >= 15 is 0 Å². The lowest BCUT2D eigenvalue weighted by atomic mass is 10.2. The summed E-state index contributed by atoms with van der Waals surface area (Å²) in [5.41, 5.74) is 6.23. The van der Waals surface area contributed by atoms with E-state index in [1.165, 1.54) is 0 Å². The van der Waals surface area contributed by atoms with E-state index in [1.54, 1.807) is 16.4 Å². The third-order valence-corrected chi connectivity index (χ3v) is 6.96. The van der Waals surface area contributed by atoms with Crippen LogP contribution in [0.25, 0.3) is 0 Å². The van der Waals surface area contributed by atoms with Gasteiger partial charge in [0.25, 0.3) is 0 Å². The largest absolute Gasteiger partial charge is 0.399 e. The fourth-order valence-electron chi connectivity index (χ4n) is 2.24. The summed E-state index contributed by atoms with van der Waals surface area (Å²) in [5, 5.41) is 0. The molecule has 0 radical (unpaired) electrons. The lowest BCUT2D eigenvalue weighted by Gasteiger charge is -2.21. The minimum Gasteiger partial charge on any atom is -0.399 e. The van der Waals surface area contributed by atoms with Crippen molar-refractivity contribution in [3.8, 4) is 0 Å². The minimum atomic E-state index is -3.48. The van der Waals surface area contributed by atoms with Gasteiger partial charge in [0, 0.05) is 27.7 Å². The number of nitrogens with two attached hydrogens (primary N) is 1. The van der Waals surface area contributed by atoms with Crippen LogP contribution >= 0.6 is 31.9 Å². The standard InChI is InChI=1S/C12H16Br2N2O2S/c13-10-7-9(15)8-11(14)12(10)19(17,18)16-5-3-1-2-4-6-16/h7-8H,1-6,15H2. The molecule has 1 aliphatic rings. The Bertz CT molecular complexity index is 544. The van der Waals surface area contributed by atoms with Gasteiger partial charge < -0.3 is 5.73 Å². The topological polar surface area (TPSA) is 63.4 Å². The molecule has 0 amide bonds. The first kappa shape index (κ1) is 15.3. The summed E-state index contributed by atoms with van der Waals surface area (Å²) in [6, 6.07) is 3.24. The lowest BCUT2D eigenvalue weighted by Crippen LogP contribution is -2.32. The maximum absolute atomic E-state index is 12.7. The number of nitrogens with zero attached hydrogens (tertiary/aromatic N) is 1. The predicted molar refractivity (Wildman–Crippen MR) is 83.5 cm³/mol. The molecule has 0 saturated carbocycles. The highest BCUT2D eigenvalue weighted by molar-refractivity contribution is 9.11. The highest BCUT2D eigenvalue weighted by Gasteiger charge is 2.29. The summed E-state index contributed by atoms with van der Waals surface area (Å²) in [7, 11) is -3.48. The van der Waals surface area contributed by atoms with Gasteiger partial charge in [-0.25, -0.2) is 8.42 Å². The summed E-state index contributed by atoms with van der Waals surface area (Å²) in [6.45, 7) is 1.18. The summed E-state index contributed by atoms with van der Waals surface area (Å²) in [6.07, 6.45) is 4.03. The Hall–Kier alpha value is -0.110. The summed E-state index contributed by atoms with van der Waals surface area (Å²) < 4.78 is 28.0. The third kappa shape index (κ3) is 3.32. The molecule has 1 aliphatic heterocycles. The number of hydrogen-bond donors (Lipinski definition) is 1. The molecular weight excluding hydrogens is 396 g/mol. The third-order valence-electron chi connectivity index (χ3n) is 3.18. The minimum absolute atomic E-state index is 0.267. The van der Waals surface area contributed by atoms with Crippen LogP contribution in [0.5, 0.6) is 0 Å². The van der Waals surface area contributed by atoms with Gasteiger partial charge >= 0.3 is 0 Å².